The zero-order chi connectivity index (χ0) is 18.3. The standard InChI is InChI=1S/C21H17BrFN3/c1-13-6-5-7-14(2)19(13)25-21-20(16-8-3-4-9-17(16)23)24-18-11-10-15(22)12-26(18)21/h3-12,25H,1-2H3. The number of hydrogen-bond acceptors (Lipinski definition) is 2. The molecule has 0 spiro atoms. The molecule has 0 bridgehead atoms. The Balaban J connectivity index is 1.98. The van der Waals surface area contributed by atoms with Crippen LogP contribution in [0.5, 0.6) is 0 Å². The number of nitrogens with zero attached hydrogens (tertiary/aromatic N) is 2. The number of imidazole rings is 1. The van der Waals surface area contributed by atoms with Crippen molar-refractivity contribution >= 4 is 33.1 Å². The number of pyridine rings is 1. The van der Waals surface area contributed by atoms with E-state index < -0.39 is 0 Å². The zero-order valence-electron chi connectivity index (χ0n) is 14.4. The number of aryl methyl sites for hydroxylation is 2. The number of fused-ring (bicyclic) bond motifs is 1. The second-order valence-electron chi connectivity index (χ2n) is 6.26. The molecule has 0 saturated carbocycles. The van der Waals surface area contributed by atoms with Gasteiger partial charge in [-0.2, -0.15) is 0 Å². The largest absolute Gasteiger partial charge is 0.339 e. The van der Waals surface area contributed by atoms with Gasteiger partial charge in [-0.1, -0.05) is 30.3 Å². The average Bonchev–Trinajstić information content (AvgIpc) is 2.96. The minimum atomic E-state index is -0.292. The molecular formula is C21H17BrFN3. The number of para-hydroxylation sites is 1. The lowest BCUT2D eigenvalue weighted by Crippen LogP contribution is -2.01. The highest BCUT2D eigenvalue weighted by Crippen LogP contribution is 2.34. The minimum absolute atomic E-state index is 0.292. The molecule has 0 saturated heterocycles. The highest BCUT2D eigenvalue weighted by atomic mass is 79.9. The van der Waals surface area contributed by atoms with Crippen molar-refractivity contribution in [1.82, 2.24) is 9.38 Å². The third-order valence-corrected chi connectivity index (χ3v) is 4.91. The summed E-state index contributed by atoms with van der Waals surface area (Å²) in [6, 6.07) is 16.7. The van der Waals surface area contributed by atoms with Crippen LogP contribution in [0.25, 0.3) is 16.9 Å². The summed E-state index contributed by atoms with van der Waals surface area (Å²) >= 11 is 3.51. The molecule has 0 radical (unpaired) electrons. The van der Waals surface area contributed by atoms with Crippen LogP contribution in [-0.4, -0.2) is 9.38 Å². The number of nitrogens with one attached hydrogen (secondary N) is 1. The van der Waals surface area contributed by atoms with E-state index >= 15 is 0 Å². The van der Waals surface area contributed by atoms with E-state index in [4.69, 9.17) is 0 Å². The van der Waals surface area contributed by atoms with Gasteiger partial charge in [-0.15, -0.1) is 0 Å². The van der Waals surface area contributed by atoms with E-state index in [0.717, 1.165) is 32.8 Å². The number of halogens is 2. The maximum Gasteiger partial charge on any atom is 0.143 e. The molecule has 4 aromatic rings. The van der Waals surface area contributed by atoms with Crippen LogP contribution < -0.4 is 5.32 Å². The molecule has 0 aliphatic heterocycles. The van der Waals surface area contributed by atoms with Gasteiger partial charge in [-0.3, -0.25) is 4.40 Å². The lowest BCUT2D eigenvalue weighted by molar-refractivity contribution is 0.631. The zero-order valence-corrected chi connectivity index (χ0v) is 16.0. The first kappa shape index (κ1) is 16.8. The molecule has 0 atom stereocenters. The second kappa shape index (κ2) is 6.57. The van der Waals surface area contributed by atoms with Crippen molar-refractivity contribution in [3.63, 3.8) is 0 Å². The molecule has 2 aromatic heterocycles. The van der Waals surface area contributed by atoms with Crippen LogP contribution in [0.4, 0.5) is 15.9 Å². The smallest absolute Gasteiger partial charge is 0.143 e. The van der Waals surface area contributed by atoms with Crippen molar-refractivity contribution in [1.29, 1.82) is 0 Å². The Morgan fingerprint density at radius 2 is 1.69 bits per heavy atom. The van der Waals surface area contributed by atoms with Crippen molar-refractivity contribution in [3.05, 3.63) is 82.2 Å². The van der Waals surface area contributed by atoms with E-state index in [1.807, 2.05) is 34.9 Å². The third-order valence-electron chi connectivity index (χ3n) is 4.44. The summed E-state index contributed by atoms with van der Waals surface area (Å²) in [4.78, 5) is 4.68. The molecule has 0 aliphatic rings. The molecule has 130 valence electrons. The van der Waals surface area contributed by atoms with Crippen molar-refractivity contribution < 1.29 is 4.39 Å². The summed E-state index contributed by atoms with van der Waals surface area (Å²) in [5.74, 6) is 0.448. The maximum atomic E-state index is 14.5. The Hall–Kier alpha value is -2.66. The highest BCUT2D eigenvalue weighted by Gasteiger charge is 2.18. The third kappa shape index (κ3) is 2.88. The van der Waals surface area contributed by atoms with Gasteiger partial charge in [0, 0.05) is 21.9 Å². The van der Waals surface area contributed by atoms with Crippen molar-refractivity contribution in [2.45, 2.75) is 13.8 Å². The van der Waals surface area contributed by atoms with E-state index in [2.05, 4.69) is 52.2 Å². The molecule has 2 heterocycles. The monoisotopic (exact) mass is 409 g/mol. The predicted molar refractivity (Wildman–Crippen MR) is 107 cm³/mol. The Labute approximate surface area is 159 Å². The van der Waals surface area contributed by atoms with Crippen molar-refractivity contribution in [2.24, 2.45) is 0 Å². The molecule has 0 unspecified atom stereocenters. The summed E-state index contributed by atoms with van der Waals surface area (Å²) in [7, 11) is 0. The van der Waals surface area contributed by atoms with Crippen LogP contribution >= 0.6 is 15.9 Å². The Bertz CT molecular complexity index is 1100. The molecule has 0 amide bonds. The fourth-order valence-electron chi connectivity index (χ4n) is 3.11. The van der Waals surface area contributed by atoms with E-state index in [1.54, 1.807) is 12.1 Å². The SMILES string of the molecule is Cc1cccc(C)c1Nc1c(-c2ccccc2F)nc2ccc(Br)cn12. The average molecular weight is 410 g/mol. The molecule has 1 N–H and O–H groups in total. The summed E-state index contributed by atoms with van der Waals surface area (Å²) in [6.07, 6.45) is 1.93. The van der Waals surface area contributed by atoms with Crippen LogP contribution in [-0.2, 0) is 0 Å². The van der Waals surface area contributed by atoms with Gasteiger partial charge in [-0.25, -0.2) is 9.37 Å². The fourth-order valence-corrected chi connectivity index (χ4v) is 3.45. The molecule has 0 aliphatic carbocycles. The molecule has 5 heteroatoms. The number of rotatable bonds is 3. The highest BCUT2D eigenvalue weighted by molar-refractivity contribution is 9.10. The number of benzene rings is 2. The van der Waals surface area contributed by atoms with E-state index in [9.17, 15) is 4.39 Å². The quantitative estimate of drug-likeness (QED) is 0.432. The van der Waals surface area contributed by atoms with Gasteiger partial charge in [0.25, 0.3) is 0 Å². The first-order valence-corrected chi connectivity index (χ1v) is 9.09. The van der Waals surface area contributed by atoms with Crippen molar-refractivity contribution in [3.8, 4) is 11.3 Å². The normalized spacial score (nSPS) is 11.1. The molecular weight excluding hydrogens is 393 g/mol. The van der Waals surface area contributed by atoms with E-state index in [-0.39, 0.29) is 5.82 Å². The molecule has 4 rings (SSSR count). The van der Waals surface area contributed by atoms with Crippen LogP contribution in [0.3, 0.4) is 0 Å². The van der Waals surface area contributed by atoms with Gasteiger partial charge in [0.2, 0.25) is 0 Å². The lowest BCUT2D eigenvalue weighted by atomic mass is 10.1. The first-order valence-electron chi connectivity index (χ1n) is 8.30. The maximum absolute atomic E-state index is 14.5. The van der Waals surface area contributed by atoms with Gasteiger partial charge in [0.1, 0.15) is 23.0 Å². The summed E-state index contributed by atoms with van der Waals surface area (Å²) in [6.45, 7) is 4.11. The Morgan fingerprint density at radius 3 is 2.42 bits per heavy atom. The van der Waals surface area contributed by atoms with Gasteiger partial charge in [0.15, 0.2) is 0 Å². The molecule has 26 heavy (non-hydrogen) atoms. The van der Waals surface area contributed by atoms with Crippen LogP contribution in [0.1, 0.15) is 11.1 Å². The number of anilines is 2. The lowest BCUT2D eigenvalue weighted by Gasteiger charge is -2.14. The molecule has 2 aromatic carbocycles. The van der Waals surface area contributed by atoms with Crippen LogP contribution in [0, 0.1) is 19.7 Å². The Kier molecular flexibility index (Phi) is 4.24. The van der Waals surface area contributed by atoms with Gasteiger partial charge in [-0.05, 0) is 65.2 Å². The van der Waals surface area contributed by atoms with Crippen LogP contribution in [0.15, 0.2) is 65.3 Å². The predicted octanol–water partition coefficient (Wildman–Crippen LogP) is 6.26. The summed E-state index contributed by atoms with van der Waals surface area (Å²) in [5.41, 5.74) is 5.06. The molecule has 3 nitrogen and oxygen atoms in total. The number of aromatic nitrogens is 2. The van der Waals surface area contributed by atoms with Gasteiger partial charge < -0.3 is 5.32 Å². The summed E-state index contributed by atoms with van der Waals surface area (Å²) < 4.78 is 17.3. The summed E-state index contributed by atoms with van der Waals surface area (Å²) in [5, 5.41) is 3.50. The minimum Gasteiger partial charge on any atom is -0.339 e. The van der Waals surface area contributed by atoms with Crippen LogP contribution in [0.2, 0.25) is 0 Å². The van der Waals surface area contributed by atoms with Crippen molar-refractivity contribution in [2.75, 3.05) is 5.32 Å². The van der Waals surface area contributed by atoms with Gasteiger partial charge in [0.05, 0.1) is 0 Å². The molecule has 0 fully saturated rings. The van der Waals surface area contributed by atoms with E-state index in [1.165, 1.54) is 6.07 Å². The van der Waals surface area contributed by atoms with Gasteiger partial charge >= 0.3 is 0 Å². The first-order chi connectivity index (χ1) is 12.5. The topological polar surface area (TPSA) is 29.3 Å². The fraction of sp³-hybridized carbons (Fsp3) is 0.0952. The number of hydrogen-bond donors (Lipinski definition) is 1. The van der Waals surface area contributed by atoms with E-state index in [0.29, 0.717) is 11.3 Å². The Morgan fingerprint density at radius 1 is 0.962 bits per heavy atom. The second-order valence-corrected chi connectivity index (χ2v) is 7.17.